The molecule has 1 aromatic rings. The molecular formula is C11H15Cl2NO. The third-order valence-corrected chi connectivity index (χ3v) is 2.57. The molecule has 84 valence electrons. The van der Waals surface area contributed by atoms with Gasteiger partial charge in [-0.25, -0.2) is 0 Å². The van der Waals surface area contributed by atoms with Crippen molar-refractivity contribution in [3.8, 4) is 5.75 Å². The molecule has 0 bridgehead atoms. The van der Waals surface area contributed by atoms with E-state index in [1.165, 1.54) is 0 Å². The van der Waals surface area contributed by atoms with E-state index in [1.807, 2.05) is 13.0 Å². The molecule has 1 rings (SSSR count). The average molecular weight is 248 g/mol. The number of benzene rings is 1. The topological polar surface area (TPSA) is 23.5 Å². The zero-order valence-electron chi connectivity index (χ0n) is 8.71. The molecule has 0 atom stereocenters. The lowest BCUT2D eigenvalue weighted by molar-refractivity contribution is 0.475. The molecule has 0 amide bonds. The summed E-state index contributed by atoms with van der Waals surface area (Å²) in [5.41, 5.74) is 2.11. The SMILES string of the molecule is Cc1cc(O)ccc1N(CCCl)CCCl. The summed E-state index contributed by atoms with van der Waals surface area (Å²) < 4.78 is 0. The Morgan fingerprint density at radius 2 is 1.80 bits per heavy atom. The number of halogens is 2. The van der Waals surface area contributed by atoms with Crippen molar-refractivity contribution in [3.63, 3.8) is 0 Å². The van der Waals surface area contributed by atoms with E-state index in [2.05, 4.69) is 4.90 Å². The first kappa shape index (κ1) is 12.5. The van der Waals surface area contributed by atoms with Crippen LogP contribution in [0.25, 0.3) is 0 Å². The molecule has 1 N–H and O–H groups in total. The van der Waals surface area contributed by atoms with Crippen molar-refractivity contribution in [2.45, 2.75) is 6.92 Å². The summed E-state index contributed by atoms with van der Waals surface area (Å²) in [6, 6.07) is 5.31. The first-order valence-corrected chi connectivity index (χ1v) is 5.92. The molecule has 0 aliphatic rings. The summed E-state index contributed by atoms with van der Waals surface area (Å²) in [4.78, 5) is 2.12. The number of hydrogen-bond donors (Lipinski definition) is 1. The molecule has 1 aromatic carbocycles. The monoisotopic (exact) mass is 247 g/mol. The fraction of sp³-hybridized carbons (Fsp3) is 0.455. The molecule has 0 spiro atoms. The highest BCUT2D eigenvalue weighted by Gasteiger charge is 2.08. The van der Waals surface area contributed by atoms with Gasteiger partial charge < -0.3 is 10.0 Å². The van der Waals surface area contributed by atoms with Crippen molar-refractivity contribution in [3.05, 3.63) is 23.8 Å². The van der Waals surface area contributed by atoms with Gasteiger partial charge in [-0.3, -0.25) is 0 Å². The second-order valence-electron chi connectivity index (χ2n) is 3.34. The Balaban J connectivity index is 2.89. The molecule has 0 fully saturated rings. The van der Waals surface area contributed by atoms with Crippen LogP contribution in [-0.4, -0.2) is 30.0 Å². The van der Waals surface area contributed by atoms with Gasteiger partial charge in [0.05, 0.1) is 0 Å². The Bertz CT molecular complexity index is 311. The zero-order chi connectivity index (χ0) is 11.3. The number of nitrogens with zero attached hydrogens (tertiary/aromatic N) is 1. The molecular weight excluding hydrogens is 233 g/mol. The lowest BCUT2D eigenvalue weighted by Gasteiger charge is -2.24. The van der Waals surface area contributed by atoms with Crippen LogP contribution in [0.5, 0.6) is 5.75 Å². The number of phenolic OH excluding ortho intramolecular Hbond substituents is 1. The molecule has 0 aromatic heterocycles. The Morgan fingerprint density at radius 1 is 1.20 bits per heavy atom. The molecule has 0 aliphatic carbocycles. The minimum Gasteiger partial charge on any atom is -0.508 e. The molecule has 0 radical (unpaired) electrons. The van der Waals surface area contributed by atoms with Crippen LogP contribution in [0.3, 0.4) is 0 Å². The van der Waals surface area contributed by atoms with E-state index in [1.54, 1.807) is 12.1 Å². The molecule has 0 saturated heterocycles. The highest BCUT2D eigenvalue weighted by Crippen LogP contribution is 2.24. The van der Waals surface area contributed by atoms with Crippen LogP contribution in [0.4, 0.5) is 5.69 Å². The fourth-order valence-corrected chi connectivity index (χ4v) is 1.96. The van der Waals surface area contributed by atoms with Crippen molar-refractivity contribution >= 4 is 28.9 Å². The van der Waals surface area contributed by atoms with Crippen LogP contribution in [0.1, 0.15) is 5.56 Å². The van der Waals surface area contributed by atoms with Crippen molar-refractivity contribution in [2.24, 2.45) is 0 Å². The average Bonchev–Trinajstić information content (AvgIpc) is 2.17. The number of aromatic hydroxyl groups is 1. The highest BCUT2D eigenvalue weighted by molar-refractivity contribution is 6.18. The summed E-state index contributed by atoms with van der Waals surface area (Å²) in [5.74, 6) is 1.42. The Morgan fingerprint density at radius 3 is 2.27 bits per heavy atom. The Labute approximate surface area is 100 Å². The van der Waals surface area contributed by atoms with Gasteiger partial charge in [-0.15, -0.1) is 23.2 Å². The number of anilines is 1. The third-order valence-electron chi connectivity index (χ3n) is 2.23. The lowest BCUT2D eigenvalue weighted by Crippen LogP contribution is -2.28. The summed E-state index contributed by atoms with van der Waals surface area (Å²) in [6.45, 7) is 3.49. The van der Waals surface area contributed by atoms with Gasteiger partial charge in [0.1, 0.15) is 5.75 Å². The van der Waals surface area contributed by atoms with Crippen LogP contribution < -0.4 is 4.90 Å². The van der Waals surface area contributed by atoms with Crippen molar-refractivity contribution in [2.75, 3.05) is 29.7 Å². The fourth-order valence-electron chi connectivity index (χ4n) is 1.55. The molecule has 0 unspecified atom stereocenters. The first-order valence-electron chi connectivity index (χ1n) is 4.85. The van der Waals surface area contributed by atoms with E-state index in [0.717, 1.165) is 24.3 Å². The maximum Gasteiger partial charge on any atom is 0.115 e. The van der Waals surface area contributed by atoms with E-state index in [4.69, 9.17) is 23.2 Å². The van der Waals surface area contributed by atoms with E-state index in [0.29, 0.717) is 11.8 Å². The van der Waals surface area contributed by atoms with Gasteiger partial charge in [0.25, 0.3) is 0 Å². The van der Waals surface area contributed by atoms with Gasteiger partial charge in [0.15, 0.2) is 0 Å². The molecule has 0 saturated carbocycles. The number of phenols is 1. The Hall–Kier alpha value is -0.600. The number of hydrogen-bond acceptors (Lipinski definition) is 2. The highest BCUT2D eigenvalue weighted by atomic mass is 35.5. The molecule has 0 heterocycles. The minimum absolute atomic E-state index is 0.285. The standard InChI is InChI=1S/C11H15Cl2NO/c1-9-8-10(15)2-3-11(9)14(6-4-12)7-5-13/h2-3,8,15H,4-7H2,1H3. The predicted octanol–water partition coefficient (Wildman–Crippen LogP) is 2.98. The zero-order valence-corrected chi connectivity index (χ0v) is 10.2. The lowest BCUT2D eigenvalue weighted by atomic mass is 10.1. The van der Waals surface area contributed by atoms with E-state index in [9.17, 15) is 5.11 Å². The van der Waals surface area contributed by atoms with E-state index >= 15 is 0 Å². The third kappa shape index (κ3) is 3.47. The smallest absolute Gasteiger partial charge is 0.115 e. The summed E-state index contributed by atoms with van der Waals surface area (Å²) in [7, 11) is 0. The maximum absolute atomic E-state index is 9.31. The summed E-state index contributed by atoms with van der Waals surface area (Å²) in [5, 5.41) is 9.31. The van der Waals surface area contributed by atoms with Gasteiger partial charge >= 0.3 is 0 Å². The maximum atomic E-state index is 9.31. The second-order valence-corrected chi connectivity index (χ2v) is 4.09. The van der Waals surface area contributed by atoms with Gasteiger partial charge in [0.2, 0.25) is 0 Å². The van der Waals surface area contributed by atoms with Crippen molar-refractivity contribution in [1.82, 2.24) is 0 Å². The predicted molar refractivity (Wildman–Crippen MR) is 66.5 cm³/mol. The summed E-state index contributed by atoms with van der Waals surface area (Å²) in [6.07, 6.45) is 0. The quantitative estimate of drug-likeness (QED) is 0.810. The van der Waals surface area contributed by atoms with Crippen LogP contribution in [0, 0.1) is 6.92 Å². The van der Waals surface area contributed by atoms with Crippen LogP contribution in [-0.2, 0) is 0 Å². The summed E-state index contributed by atoms with van der Waals surface area (Å²) >= 11 is 11.5. The van der Waals surface area contributed by atoms with Crippen LogP contribution in [0.2, 0.25) is 0 Å². The largest absolute Gasteiger partial charge is 0.508 e. The molecule has 15 heavy (non-hydrogen) atoms. The van der Waals surface area contributed by atoms with Crippen LogP contribution >= 0.6 is 23.2 Å². The second kappa shape index (κ2) is 6.09. The normalized spacial score (nSPS) is 10.3. The molecule has 2 nitrogen and oxygen atoms in total. The number of alkyl halides is 2. The molecule has 0 aliphatic heterocycles. The number of rotatable bonds is 5. The first-order chi connectivity index (χ1) is 7.19. The Kier molecular flexibility index (Phi) is 5.06. The van der Waals surface area contributed by atoms with Gasteiger partial charge in [-0.2, -0.15) is 0 Å². The number of aryl methyl sites for hydroxylation is 1. The van der Waals surface area contributed by atoms with Crippen molar-refractivity contribution in [1.29, 1.82) is 0 Å². The molecule has 4 heteroatoms. The van der Waals surface area contributed by atoms with E-state index < -0.39 is 0 Å². The van der Waals surface area contributed by atoms with Gasteiger partial charge in [-0.05, 0) is 30.7 Å². The van der Waals surface area contributed by atoms with Crippen molar-refractivity contribution < 1.29 is 5.11 Å². The van der Waals surface area contributed by atoms with Gasteiger partial charge in [0, 0.05) is 30.5 Å². The minimum atomic E-state index is 0.285. The van der Waals surface area contributed by atoms with Crippen LogP contribution in [0.15, 0.2) is 18.2 Å². The van der Waals surface area contributed by atoms with Gasteiger partial charge in [-0.1, -0.05) is 0 Å². The van der Waals surface area contributed by atoms with E-state index in [-0.39, 0.29) is 5.75 Å².